The molecule has 2 saturated heterocycles. The summed E-state index contributed by atoms with van der Waals surface area (Å²) in [6, 6.07) is 16.8. The monoisotopic (exact) mass is 365 g/mol. The molecule has 2 aromatic rings. The molecule has 0 radical (unpaired) electrons. The highest BCUT2D eigenvalue weighted by Crippen LogP contribution is 2.39. The van der Waals surface area contributed by atoms with Gasteiger partial charge in [-0.2, -0.15) is 0 Å². The molecule has 1 spiro atoms. The molecular formula is C20H19N3O4. The Morgan fingerprint density at radius 2 is 1.70 bits per heavy atom. The van der Waals surface area contributed by atoms with Crippen LogP contribution in [0.25, 0.3) is 0 Å². The molecule has 2 atom stereocenters. The molecule has 7 nitrogen and oxygen atoms in total. The SMILES string of the molecule is O=C(O)[C@@H]1C[C@@]2(CN1)C(=O)N(c1ccccc1)C(=O)N2Cc1ccccc1. The number of rotatable bonds is 4. The molecule has 7 heteroatoms. The number of amides is 3. The number of imide groups is 1. The van der Waals surface area contributed by atoms with Crippen LogP contribution < -0.4 is 10.2 Å². The first-order chi connectivity index (χ1) is 13.0. The van der Waals surface area contributed by atoms with Crippen LogP contribution in [0.5, 0.6) is 0 Å². The lowest BCUT2D eigenvalue weighted by Gasteiger charge is -2.30. The van der Waals surface area contributed by atoms with Crippen LogP contribution in [-0.2, 0) is 16.1 Å². The highest BCUT2D eigenvalue weighted by Gasteiger charge is 2.61. The molecule has 0 aliphatic carbocycles. The van der Waals surface area contributed by atoms with E-state index in [1.165, 1.54) is 4.90 Å². The zero-order valence-corrected chi connectivity index (χ0v) is 14.5. The number of carboxylic acids is 1. The molecule has 4 rings (SSSR count). The molecule has 0 unspecified atom stereocenters. The molecule has 27 heavy (non-hydrogen) atoms. The molecule has 0 bridgehead atoms. The van der Waals surface area contributed by atoms with Crippen LogP contribution in [-0.4, -0.2) is 46.0 Å². The lowest BCUT2D eigenvalue weighted by Crippen LogP contribution is -2.51. The lowest BCUT2D eigenvalue weighted by molar-refractivity contribution is -0.139. The van der Waals surface area contributed by atoms with E-state index in [-0.39, 0.29) is 25.4 Å². The first kappa shape index (κ1) is 17.2. The molecule has 2 heterocycles. The van der Waals surface area contributed by atoms with Crippen molar-refractivity contribution in [1.82, 2.24) is 10.2 Å². The minimum atomic E-state index is -1.20. The van der Waals surface area contributed by atoms with Gasteiger partial charge < -0.3 is 15.3 Å². The first-order valence-corrected chi connectivity index (χ1v) is 8.74. The summed E-state index contributed by atoms with van der Waals surface area (Å²) in [5.74, 6) is -1.41. The molecule has 2 aliphatic rings. The summed E-state index contributed by atoms with van der Waals surface area (Å²) >= 11 is 0. The fourth-order valence-corrected chi connectivity index (χ4v) is 3.82. The van der Waals surface area contributed by atoms with Gasteiger partial charge in [0.25, 0.3) is 5.91 Å². The van der Waals surface area contributed by atoms with E-state index in [1.54, 1.807) is 24.3 Å². The van der Waals surface area contributed by atoms with Crippen LogP contribution in [0.2, 0.25) is 0 Å². The number of nitrogens with one attached hydrogen (secondary N) is 1. The Balaban J connectivity index is 1.75. The summed E-state index contributed by atoms with van der Waals surface area (Å²) in [5.41, 5.74) is 0.166. The number of nitrogens with zero attached hydrogens (tertiary/aromatic N) is 2. The Hall–Kier alpha value is -3.19. The number of benzene rings is 2. The fraction of sp³-hybridized carbons (Fsp3) is 0.250. The lowest BCUT2D eigenvalue weighted by atomic mass is 9.93. The molecule has 3 amide bonds. The molecular weight excluding hydrogens is 346 g/mol. The van der Waals surface area contributed by atoms with E-state index in [0.717, 1.165) is 10.5 Å². The summed E-state index contributed by atoms with van der Waals surface area (Å²) in [7, 11) is 0. The number of carbonyl (C=O) groups excluding carboxylic acids is 2. The fourth-order valence-electron chi connectivity index (χ4n) is 3.82. The standard InChI is InChI=1S/C20H19N3O4/c24-17(25)16-11-20(13-21-16)18(26)23(15-9-5-2-6-10-15)19(27)22(20)12-14-7-3-1-4-8-14/h1-10,16,21H,11-13H2,(H,24,25)/t16-,20+/m0/s1. The second-order valence-electron chi connectivity index (χ2n) is 6.84. The van der Waals surface area contributed by atoms with E-state index < -0.39 is 23.6 Å². The summed E-state index contributed by atoms with van der Waals surface area (Å²) in [4.78, 5) is 40.7. The second-order valence-corrected chi connectivity index (χ2v) is 6.84. The Morgan fingerprint density at radius 3 is 2.30 bits per heavy atom. The van der Waals surface area contributed by atoms with Crippen molar-refractivity contribution in [2.45, 2.75) is 24.5 Å². The van der Waals surface area contributed by atoms with Gasteiger partial charge in [0.2, 0.25) is 0 Å². The maximum atomic E-state index is 13.3. The van der Waals surface area contributed by atoms with Gasteiger partial charge in [0.15, 0.2) is 0 Å². The third kappa shape index (κ3) is 2.76. The normalized spacial score (nSPS) is 24.8. The number of anilines is 1. The van der Waals surface area contributed by atoms with Gasteiger partial charge in [-0.05, 0) is 17.7 Å². The number of carboxylic acid groups (broad SMARTS) is 1. The highest BCUT2D eigenvalue weighted by molar-refractivity contribution is 6.23. The number of hydrogen-bond acceptors (Lipinski definition) is 4. The highest BCUT2D eigenvalue weighted by atomic mass is 16.4. The number of para-hydroxylation sites is 1. The van der Waals surface area contributed by atoms with Gasteiger partial charge in [-0.15, -0.1) is 0 Å². The smallest absolute Gasteiger partial charge is 0.332 e. The number of aliphatic carboxylic acids is 1. The predicted molar refractivity (Wildman–Crippen MR) is 98.1 cm³/mol. The minimum absolute atomic E-state index is 0.0447. The summed E-state index contributed by atoms with van der Waals surface area (Å²) in [6.07, 6.45) is 0.0447. The van der Waals surface area contributed by atoms with E-state index in [1.807, 2.05) is 36.4 Å². The van der Waals surface area contributed by atoms with Crippen molar-refractivity contribution in [1.29, 1.82) is 0 Å². The molecule has 0 aromatic heterocycles. The van der Waals surface area contributed by atoms with Crippen molar-refractivity contribution in [2.75, 3.05) is 11.4 Å². The van der Waals surface area contributed by atoms with E-state index in [2.05, 4.69) is 5.32 Å². The predicted octanol–water partition coefficient (Wildman–Crippen LogP) is 1.84. The molecule has 2 aliphatic heterocycles. The number of urea groups is 1. The van der Waals surface area contributed by atoms with Gasteiger partial charge in [-0.3, -0.25) is 9.59 Å². The average molecular weight is 365 g/mol. The first-order valence-electron chi connectivity index (χ1n) is 8.74. The van der Waals surface area contributed by atoms with E-state index >= 15 is 0 Å². The molecule has 2 aromatic carbocycles. The average Bonchev–Trinajstić information content (AvgIpc) is 3.21. The third-order valence-corrected chi connectivity index (χ3v) is 5.22. The van der Waals surface area contributed by atoms with Crippen LogP contribution in [0.15, 0.2) is 60.7 Å². The van der Waals surface area contributed by atoms with Gasteiger partial charge in [-0.1, -0.05) is 48.5 Å². The van der Waals surface area contributed by atoms with Gasteiger partial charge in [0, 0.05) is 19.5 Å². The van der Waals surface area contributed by atoms with E-state index in [4.69, 9.17) is 0 Å². The van der Waals surface area contributed by atoms with Crippen LogP contribution in [0.3, 0.4) is 0 Å². The van der Waals surface area contributed by atoms with Crippen molar-refractivity contribution in [3.63, 3.8) is 0 Å². The second kappa shape index (κ2) is 6.51. The van der Waals surface area contributed by atoms with Crippen molar-refractivity contribution < 1.29 is 19.5 Å². The Kier molecular flexibility index (Phi) is 4.16. The Bertz CT molecular complexity index is 887. The van der Waals surface area contributed by atoms with Crippen LogP contribution in [0.4, 0.5) is 10.5 Å². The quantitative estimate of drug-likeness (QED) is 0.807. The van der Waals surface area contributed by atoms with E-state index in [9.17, 15) is 19.5 Å². The van der Waals surface area contributed by atoms with Crippen molar-refractivity contribution in [3.8, 4) is 0 Å². The molecule has 0 saturated carbocycles. The summed E-state index contributed by atoms with van der Waals surface area (Å²) < 4.78 is 0. The van der Waals surface area contributed by atoms with Crippen molar-refractivity contribution in [2.24, 2.45) is 0 Å². The van der Waals surface area contributed by atoms with E-state index in [0.29, 0.717) is 5.69 Å². The van der Waals surface area contributed by atoms with Crippen molar-refractivity contribution >= 4 is 23.6 Å². The van der Waals surface area contributed by atoms with Crippen molar-refractivity contribution in [3.05, 3.63) is 66.2 Å². The maximum Gasteiger partial charge on any atom is 0.332 e. The summed E-state index contributed by atoms with van der Waals surface area (Å²) in [5, 5.41) is 12.3. The molecule has 138 valence electrons. The Labute approximate surface area is 156 Å². The Morgan fingerprint density at radius 1 is 1.07 bits per heavy atom. The topological polar surface area (TPSA) is 90.0 Å². The molecule has 2 fully saturated rings. The zero-order chi connectivity index (χ0) is 19.0. The van der Waals surface area contributed by atoms with Gasteiger partial charge in [0.1, 0.15) is 11.6 Å². The molecule has 2 N–H and O–H groups in total. The van der Waals surface area contributed by atoms with Gasteiger partial charge >= 0.3 is 12.0 Å². The minimum Gasteiger partial charge on any atom is -0.480 e. The largest absolute Gasteiger partial charge is 0.480 e. The maximum absolute atomic E-state index is 13.3. The van der Waals surface area contributed by atoms with Gasteiger partial charge in [-0.25, -0.2) is 9.69 Å². The van der Waals surface area contributed by atoms with Crippen LogP contribution in [0, 0.1) is 0 Å². The third-order valence-electron chi connectivity index (χ3n) is 5.22. The number of hydrogen-bond donors (Lipinski definition) is 2. The van der Waals surface area contributed by atoms with Crippen LogP contribution in [0.1, 0.15) is 12.0 Å². The van der Waals surface area contributed by atoms with Gasteiger partial charge in [0.05, 0.1) is 5.69 Å². The summed E-state index contributed by atoms with van der Waals surface area (Å²) in [6.45, 7) is 0.355. The zero-order valence-electron chi connectivity index (χ0n) is 14.5. The van der Waals surface area contributed by atoms with Crippen LogP contribution >= 0.6 is 0 Å². The number of carbonyl (C=O) groups is 3.